The van der Waals surface area contributed by atoms with Gasteiger partial charge >= 0.3 is 5.97 Å². The van der Waals surface area contributed by atoms with Crippen LogP contribution in [0.5, 0.6) is 5.75 Å². The lowest BCUT2D eigenvalue weighted by atomic mass is 10.1. The summed E-state index contributed by atoms with van der Waals surface area (Å²) >= 11 is 0. The average molecular weight is 389 g/mol. The minimum Gasteiger partial charge on any atom is -0.422 e. The summed E-state index contributed by atoms with van der Waals surface area (Å²) in [6, 6.07) is 17.5. The molecule has 2 amide bonds. The van der Waals surface area contributed by atoms with Gasteiger partial charge in [-0.05, 0) is 36.1 Å². The van der Waals surface area contributed by atoms with E-state index in [1.165, 1.54) is 23.1 Å². The molecule has 0 radical (unpaired) electrons. The van der Waals surface area contributed by atoms with E-state index in [9.17, 15) is 14.4 Å². The number of hydrogen-bond donors (Lipinski definition) is 0. The lowest BCUT2D eigenvalue weighted by molar-refractivity contribution is 0.0638. The van der Waals surface area contributed by atoms with Crippen molar-refractivity contribution in [3.8, 4) is 5.75 Å². The summed E-state index contributed by atoms with van der Waals surface area (Å²) in [7, 11) is 1.57. The van der Waals surface area contributed by atoms with E-state index in [0.717, 1.165) is 10.8 Å². The summed E-state index contributed by atoms with van der Waals surface area (Å²) in [5.41, 5.74) is 0.741. The molecule has 0 spiro atoms. The Balaban J connectivity index is 1.58. The summed E-state index contributed by atoms with van der Waals surface area (Å²) in [4.78, 5) is 39.0. The van der Waals surface area contributed by atoms with Crippen LogP contribution in [-0.4, -0.2) is 42.9 Å². The zero-order valence-electron chi connectivity index (χ0n) is 15.9. The van der Waals surface area contributed by atoms with Gasteiger partial charge in [-0.3, -0.25) is 14.5 Å². The number of hydrogen-bond acceptors (Lipinski definition) is 5. The van der Waals surface area contributed by atoms with Crippen molar-refractivity contribution in [3.63, 3.8) is 0 Å². The second-order valence-corrected chi connectivity index (χ2v) is 6.74. The predicted molar refractivity (Wildman–Crippen MR) is 107 cm³/mol. The Labute approximate surface area is 167 Å². The molecule has 3 aromatic rings. The third-order valence-electron chi connectivity index (χ3n) is 4.89. The molecule has 6 heteroatoms. The second-order valence-electron chi connectivity index (χ2n) is 6.74. The van der Waals surface area contributed by atoms with Crippen LogP contribution in [0.4, 0.5) is 0 Å². The van der Waals surface area contributed by atoms with Gasteiger partial charge in [-0.1, -0.05) is 36.4 Å². The van der Waals surface area contributed by atoms with E-state index in [4.69, 9.17) is 9.47 Å². The number of amides is 2. The van der Waals surface area contributed by atoms with E-state index < -0.39 is 11.9 Å². The topological polar surface area (TPSA) is 72.9 Å². The first-order valence-electron chi connectivity index (χ1n) is 9.29. The molecule has 0 atom stereocenters. The fraction of sp³-hybridized carbons (Fsp3) is 0.174. The number of rotatable bonds is 6. The van der Waals surface area contributed by atoms with Gasteiger partial charge in [0.15, 0.2) is 0 Å². The lowest BCUT2D eigenvalue weighted by Crippen LogP contribution is -2.31. The minimum atomic E-state index is -0.581. The molecule has 146 valence electrons. The molecule has 0 aliphatic carbocycles. The standard InChI is InChI=1S/C23H19NO5/c1-28-13-5-12-24-21(25)18-11-10-16(14-19(18)22(24)26)23(27)29-20-9-4-7-15-6-2-3-8-17(15)20/h2-4,6-11,14H,5,12-13H2,1H3. The number of imide groups is 1. The number of fused-ring (bicyclic) bond motifs is 2. The number of esters is 1. The highest BCUT2D eigenvalue weighted by molar-refractivity contribution is 6.22. The fourth-order valence-electron chi connectivity index (χ4n) is 3.43. The number of carbonyl (C=O) groups excluding carboxylic acids is 3. The van der Waals surface area contributed by atoms with Crippen LogP contribution in [-0.2, 0) is 4.74 Å². The summed E-state index contributed by atoms with van der Waals surface area (Å²) in [5.74, 6) is -0.893. The largest absolute Gasteiger partial charge is 0.422 e. The molecule has 0 bridgehead atoms. The van der Waals surface area contributed by atoms with E-state index in [2.05, 4.69) is 0 Å². The highest BCUT2D eigenvalue weighted by atomic mass is 16.5. The molecule has 0 aromatic heterocycles. The van der Waals surface area contributed by atoms with Crippen molar-refractivity contribution >= 4 is 28.6 Å². The van der Waals surface area contributed by atoms with Crippen molar-refractivity contribution in [2.75, 3.05) is 20.3 Å². The molecule has 0 fully saturated rings. The zero-order valence-corrected chi connectivity index (χ0v) is 15.9. The third kappa shape index (κ3) is 3.50. The van der Waals surface area contributed by atoms with E-state index >= 15 is 0 Å². The molecule has 0 unspecified atom stereocenters. The van der Waals surface area contributed by atoms with Gasteiger partial charge in [-0.15, -0.1) is 0 Å². The van der Waals surface area contributed by atoms with Crippen molar-refractivity contribution in [1.29, 1.82) is 0 Å². The maximum atomic E-state index is 12.7. The van der Waals surface area contributed by atoms with Crippen LogP contribution >= 0.6 is 0 Å². The van der Waals surface area contributed by atoms with Gasteiger partial charge in [0.2, 0.25) is 0 Å². The smallest absolute Gasteiger partial charge is 0.343 e. The van der Waals surface area contributed by atoms with Gasteiger partial charge in [-0.25, -0.2) is 4.79 Å². The van der Waals surface area contributed by atoms with Gasteiger partial charge in [0.25, 0.3) is 11.8 Å². The zero-order chi connectivity index (χ0) is 20.4. The van der Waals surface area contributed by atoms with Gasteiger partial charge in [0.05, 0.1) is 16.7 Å². The van der Waals surface area contributed by atoms with Crippen LogP contribution in [0.15, 0.2) is 60.7 Å². The molecule has 1 aliphatic rings. The highest BCUT2D eigenvalue weighted by Gasteiger charge is 2.35. The normalized spacial score (nSPS) is 13.1. The molecule has 29 heavy (non-hydrogen) atoms. The summed E-state index contributed by atoms with van der Waals surface area (Å²) < 4.78 is 10.6. The first-order valence-corrected chi connectivity index (χ1v) is 9.29. The number of benzene rings is 3. The molecule has 1 heterocycles. The number of carbonyl (C=O) groups is 3. The Morgan fingerprint density at radius 1 is 0.931 bits per heavy atom. The van der Waals surface area contributed by atoms with Crippen molar-refractivity contribution in [2.45, 2.75) is 6.42 Å². The predicted octanol–water partition coefficient (Wildman–Crippen LogP) is 3.69. The second kappa shape index (κ2) is 7.85. The number of methoxy groups -OCH3 is 1. The monoisotopic (exact) mass is 389 g/mol. The van der Waals surface area contributed by atoms with E-state index in [-0.39, 0.29) is 23.6 Å². The first kappa shape index (κ1) is 18.8. The lowest BCUT2D eigenvalue weighted by Gasteiger charge is -2.12. The maximum Gasteiger partial charge on any atom is 0.343 e. The van der Waals surface area contributed by atoms with Crippen LogP contribution in [0, 0.1) is 0 Å². The van der Waals surface area contributed by atoms with Crippen molar-refractivity contribution in [1.82, 2.24) is 4.90 Å². The first-order chi connectivity index (χ1) is 14.1. The Kier molecular flexibility index (Phi) is 5.10. The Bertz CT molecular complexity index is 1120. The van der Waals surface area contributed by atoms with Gasteiger partial charge < -0.3 is 9.47 Å². The Hall–Kier alpha value is -3.51. The number of ether oxygens (including phenoxy) is 2. The quantitative estimate of drug-likeness (QED) is 0.278. The molecule has 3 aromatic carbocycles. The Morgan fingerprint density at radius 3 is 2.52 bits per heavy atom. The molecular formula is C23H19NO5. The van der Waals surface area contributed by atoms with Crippen LogP contribution in [0.25, 0.3) is 10.8 Å². The summed E-state index contributed by atoms with van der Waals surface area (Å²) in [6.07, 6.45) is 0.554. The highest BCUT2D eigenvalue weighted by Crippen LogP contribution is 2.28. The van der Waals surface area contributed by atoms with E-state index in [0.29, 0.717) is 24.3 Å². The van der Waals surface area contributed by atoms with E-state index in [1.807, 2.05) is 36.4 Å². The maximum absolute atomic E-state index is 12.7. The summed E-state index contributed by atoms with van der Waals surface area (Å²) in [5, 5.41) is 1.78. The van der Waals surface area contributed by atoms with Crippen LogP contribution < -0.4 is 4.74 Å². The molecular weight excluding hydrogens is 370 g/mol. The minimum absolute atomic E-state index is 0.219. The van der Waals surface area contributed by atoms with Gasteiger partial charge in [0.1, 0.15) is 5.75 Å². The third-order valence-corrected chi connectivity index (χ3v) is 4.89. The van der Waals surface area contributed by atoms with Crippen LogP contribution in [0.1, 0.15) is 37.5 Å². The number of nitrogens with zero attached hydrogens (tertiary/aromatic N) is 1. The average Bonchev–Trinajstić information content (AvgIpc) is 2.98. The summed E-state index contributed by atoms with van der Waals surface area (Å²) in [6.45, 7) is 0.728. The molecule has 0 saturated carbocycles. The van der Waals surface area contributed by atoms with Crippen molar-refractivity contribution in [3.05, 3.63) is 77.4 Å². The van der Waals surface area contributed by atoms with Crippen molar-refractivity contribution < 1.29 is 23.9 Å². The molecule has 6 nitrogen and oxygen atoms in total. The van der Waals surface area contributed by atoms with E-state index in [1.54, 1.807) is 13.2 Å². The Morgan fingerprint density at radius 2 is 1.69 bits per heavy atom. The SMILES string of the molecule is COCCCN1C(=O)c2ccc(C(=O)Oc3cccc4ccccc34)cc2C1=O. The van der Waals surface area contributed by atoms with Gasteiger partial charge in [0, 0.05) is 25.6 Å². The molecule has 0 saturated heterocycles. The van der Waals surface area contributed by atoms with Crippen LogP contribution in [0.3, 0.4) is 0 Å². The van der Waals surface area contributed by atoms with Gasteiger partial charge in [-0.2, -0.15) is 0 Å². The molecule has 0 N–H and O–H groups in total. The van der Waals surface area contributed by atoms with Crippen LogP contribution in [0.2, 0.25) is 0 Å². The fourth-order valence-corrected chi connectivity index (χ4v) is 3.43. The molecule has 4 rings (SSSR count). The van der Waals surface area contributed by atoms with Crippen molar-refractivity contribution in [2.24, 2.45) is 0 Å². The molecule has 1 aliphatic heterocycles.